The zero-order valence-electron chi connectivity index (χ0n) is 11.2. The fourth-order valence-corrected chi connectivity index (χ4v) is 2.48. The topological polar surface area (TPSA) is 54.9 Å². The van der Waals surface area contributed by atoms with Gasteiger partial charge in [0, 0.05) is 0 Å². The Labute approximate surface area is 126 Å². The molecule has 1 amide bonds. The third-order valence-corrected chi connectivity index (χ3v) is 3.64. The van der Waals surface area contributed by atoms with E-state index in [4.69, 9.17) is 0 Å². The van der Waals surface area contributed by atoms with Crippen LogP contribution < -0.4 is 5.32 Å². The number of carbonyl (C=O) groups is 1. The molecular weight excluding hydrogens is 282 g/mol. The molecule has 0 radical (unpaired) electrons. The van der Waals surface area contributed by atoms with E-state index in [1.54, 1.807) is 5.51 Å². The van der Waals surface area contributed by atoms with E-state index in [1.807, 2.05) is 42.5 Å². The largest absolute Gasteiger partial charge is 0.300 e. The number of hydrogen-bond donors (Lipinski definition) is 1. The third-order valence-electron chi connectivity index (χ3n) is 3.03. The van der Waals surface area contributed by atoms with E-state index in [0.29, 0.717) is 11.6 Å². The minimum Gasteiger partial charge on any atom is -0.300 e. The lowest BCUT2D eigenvalue weighted by molar-refractivity contribution is -0.115. The van der Waals surface area contributed by atoms with Gasteiger partial charge in [-0.2, -0.15) is 0 Å². The molecule has 0 aliphatic carbocycles. The van der Waals surface area contributed by atoms with Crippen molar-refractivity contribution in [3.05, 3.63) is 65.7 Å². The summed E-state index contributed by atoms with van der Waals surface area (Å²) in [6.07, 6.45) is 0.328. The molecule has 1 heterocycles. The van der Waals surface area contributed by atoms with E-state index in [-0.39, 0.29) is 5.91 Å². The standard InChI is InChI=1S/C16H13N3OS/c20-15(18-16-19-17-11-21-16)10-12-6-8-14(9-7-12)13-4-2-1-3-5-13/h1-9,11H,10H2,(H,18,19,20). The Balaban J connectivity index is 1.66. The first-order chi connectivity index (χ1) is 10.3. The number of anilines is 1. The van der Waals surface area contributed by atoms with E-state index >= 15 is 0 Å². The molecule has 3 rings (SSSR count). The highest BCUT2D eigenvalue weighted by atomic mass is 32.1. The van der Waals surface area contributed by atoms with Gasteiger partial charge in [0.25, 0.3) is 0 Å². The van der Waals surface area contributed by atoms with Gasteiger partial charge in [-0.25, -0.2) is 0 Å². The van der Waals surface area contributed by atoms with Gasteiger partial charge in [-0.05, 0) is 16.7 Å². The Morgan fingerprint density at radius 3 is 2.38 bits per heavy atom. The zero-order chi connectivity index (χ0) is 14.5. The maximum Gasteiger partial charge on any atom is 0.230 e. The summed E-state index contributed by atoms with van der Waals surface area (Å²) in [7, 11) is 0. The van der Waals surface area contributed by atoms with E-state index in [1.165, 1.54) is 16.9 Å². The highest BCUT2D eigenvalue weighted by Gasteiger charge is 2.06. The van der Waals surface area contributed by atoms with E-state index < -0.39 is 0 Å². The van der Waals surface area contributed by atoms with Gasteiger partial charge in [0.2, 0.25) is 11.0 Å². The molecule has 0 saturated carbocycles. The van der Waals surface area contributed by atoms with Crippen molar-refractivity contribution in [2.75, 3.05) is 5.32 Å². The smallest absolute Gasteiger partial charge is 0.230 e. The van der Waals surface area contributed by atoms with Crippen LogP contribution in [0.4, 0.5) is 5.13 Å². The molecule has 0 fully saturated rings. The Morgan fingerprint density at radius 2 is 1.71 bits per heavy atom. The average molecular weight is 295 g/mol. The van der Waals surface area contributed by atoms with Crippen LogP contribution in [-0.4, -0.2) is 16.1 Å². The van der Waals surface area contributed by atoms with Gasteiger partial charge in [0.1, 0.15) is 5.51 Å². The molecule has 0 bridgehead atoms. The number of carbonyl (C=O) groups excluding carboxylic acids is 1. The van der Waals surface area contributed by atoms with E-state index in [2.05, 4.69) is 27.6 Å². The number of nitrogens with one attached hydrogen (secondary N) is 1. The second kappa shape index (κ2) is 6.28. The van der Waals surface area contributed by atoms with Crippen molar-refractivity contribution < 1.29 is 4.79 Å². The number of amides is 1. The molecule has 0 aliphatic heterocycles. The van der Waals surface area contributed by atoms with Gasteiger partial charge < -0.3 is 5.32 Å². The molecule has 0 spiro atoms. The molecule has 21 heavy (non-hydrogen) atoms. The van der Waals surface area contributed by atoms with Crippen molar-refractivity contribution in [1.82, 2.24) is 10.2 Å². The monoisotopic (exact) mass is 295 g/mol. The highest BCUT2D eigenvalue weighted by Crippen LogP contribution is 2.19. The fraction of sp³-hybridized carbons (Fsp3) is 0.0625. The van der Waals surface area contributed by atoms with Crippen LogP contribution in [0.3, 0.4) is 0 Å². The molecule has 2 aromatic carbocycles. The number of aromatic nitrogens is 2. The molecule has 1 aromatic heterocycles. The second-order valence-electron chi connectivity index (χ2n) is 4.53. The predicted molar refractivity (Wildman–Crippen MR) is 84.1 cm³/mol. The van der Waals surface area contributed by atoms with Crippen LogP contribution in [0.25, 0.3) is 11.1 Å². The Kier molecular flexibility index (Phi) is 4.02. The minimum atomic E-state index is -0.0841. The first-order valence-electron chi connectivity index (χ1n) is 6.51. The SMILES string of the molecule is O=C(Cc1ccc(-c2ccccc2)cc1)Nc1nncs1. The van der Waals surface area contributed by atoms with Crippen LogP contribution in [0.5, 0.6) is 0 Å². The minimum absolute atomic E-state index is 0.0841. The van der Waals surface area contributed by atoms with Gasteiger partial charge in [0.15, 0.2) is 0 Å². The first-order valence-corrected chi connectivity index (χ1v) is 7.39. The van der Waals surface area contributed by atoms with Crippen molar-refractivity contribution in [1.29, 1.82) is 0 Å². The first kappa shape index (κ1) is 13.5. The van der Waals surface area contributed by atoms with Gasteiger partial charge in [-0.15, -0.1) is 10.2 Å². The average Bonchev–Trinajstić information content (AvgIpc) is 3.02. The number of benzene rings is 2. The number of nitrogens with zero attached hydrogens (tertiary/aromatic N) is 2. The summed E-state index contributed by atoms with van der Waals surface area (Å²) in [4.78, 5) is 11.9. The molecule has 1 N–H and O–H groups in total. The van der Waals surface area contributed by atoms with Gasteiger partial charge in [-0.3, -0.25) is 4.79 Å². The molecule has 0 atom stereocenters. The van der Waals surface area contributed by atoms with Crippen molar-refractivity contribution in [2.24, 2.45) is 0 Å². The van der Waals surface area contributed by atoms with Crippen LogP contribution in [0.1, 0.15) is 5.56 Å². The summed E-state index contributed by atoms with van der Waals surface area (Å²) in [5.41, 5.74) is 4.87. The van der Waals surface area contributed by atoms with Crippen molar-refractivity contribution in [2.45, 2.75) is 6.42 Å². The quantitative estimate of drug-likeness (QED) is 0.802. The molecule has 0 aliphatic rings. The summed E-state index contributed by atoms with van der Waals surface area (Å²) in [5, 5.41) is 10.7. The van der Waals surface area contributed by atoms with Gasteiger partial charge in [0.05, 0.1) is 6.42 Å². The van der Waals surface area contributed by atoms with Crippen LogP contribution in [0.15, 0.2) is 60.1 Å². The van der Waals surface area contributed by atoms with Crippen LogP contribution in [0, 0.1) is 0 Å². The summed E-state index contributed by atoms with van der Waals surface area (Å²) in [6, 6.07) is 18.2. The highest BCUT2D eigenvalue weighted by molar-refractivity contribution is 7.13. The summed E-state index contributed by atoms with van der Waals surface area (Å²) in [6.45, 7) is 0. The number of rotatable bonds is 4. The van der Waals surface area contributed by atoms with Crippen molar-refractivity contribution in [3.63, 3.8) is 0 Å². The lowest BCUT2D eigenvalue weighted by atomic mass is 10.0. The van der Waals surface area contributed by atoms with Crippen molar-refractivity contribution >= 4 is 22.4 Å². The van der Waals surface area contributed by atoms with Crippen LogP contribution in [-0.2, 0) is 11.2 Å². The normalized spacial score (nSPS) is 10.3. The number of hydrogen-bond acceptors (Lipinski definition) is 4. The van der Waals surface area contributed by atoms with E-state index in [0.717, 1.165) is 11.1 Å². The molecule has 0 unspecified atom stereocenters. The third kappa shape index (κ3) is 3.52. The Morgan fingerprint density at radius 1 is 1.00 bits per heavy atom. The van der Waals surface area contributed by atoms with E-state index in [9.17, 15) is 4.79 Å². The van der Waals surface area contributed by atoms with Crippen LogP contribution >= 0.6 is 11.3 Å². The summed E-state index contributed by atoms with van der Waals surface area (Å²) < 4.78 is 0. The molecule has 3 aromatic rings. The van der Waals surface area contributed by atoms with Crippen molar-refractivity contribution in [3.8, 4) is 11.1 Å². The maximum absolute atomic E-state index is 11.9. The molecule has 0 saturated heterocycles. The Hall–Kier alpha value is -2.53. The maximum atomic E-state index is 11.9. The van der Waals surface area contributed by atoms with Gasteiger partial charge in [-0.1, -0.05) is 65.9 Å². The lowest BCUT2D eigenvalue weighted by Gasteiger charge is -2.04. The summed E-state index contributed by atoms with van der Waals surface area (Å²) >= 11 is 1.31. The molecule has 104 valence electrons. The molecular formula is C16H13N3OS. The predicted octanol–water partition coefficient (Wildman–Crippen LogP) is 3.39. The molecule has 4 nitrogen and oxygen atoms in total. The lowest BCUT2D eigenvalue weighted by Crippen LogP contribution is -2.14. The van der Waals surface area contributed by atoms with Crippen LogP contribution in [0.2, 0.25) is 0 Å². The molecule has 5 heteroatoms. The van der Waals surface area contributed by atoms with Gasteiger partial charge >= 0.3 is 0 Å². The zero-order valence-corrected chi connectivity index (χ0v) is 12.0. The summed E-state index contributed by atoms with van der Waals surface area (Å²) in [5.74, 6) is -0.0841. The fourth-order valence-electron chi connectivity index (χ4n) is 2.02. The Bertz CT molecular complexity index is 709. The second-order valence-corrected chi connectivity index (χ2v) is 5.37.